The molecule has 0 radical (unpaired) electrons. The van der Waals surface area contributed by atoms with E-state index in [0.29, 0.717) is 0 Å². The molecule has 0 spiro atoms. The maximum atomic E-state index is 11.4. The van der Waals surface area contributed by atoms with Crippen molar-refractivity contribution in [1.29, 1.82) is 0 Å². The molecule has 0 aliphatic rings. The van der Waals surface area contributed by atoms with Gasteiger partial charge in [-0.3, -0.25) is 9.59 Å². The summed E-state index contributed by atoms with van der Waals surface area (Å²) in [5.41, 5.74) is 0. The Morgan fingerprint density at radius 2 is 1.55 bits per heavy atom. The monoisotopic (exact) mass is 325 g/mol. The van der Waals surface area contributed by atoms with E-state index in [1.807, 2.05) is 0 Å². The summed E-state index contributed by atoms with van der Waals surface area (Å²) in [6.07, 6.45) is -3.84. The van der Waals surface area contributed by atoms with E-state index in [1.54, 1.807) is 0 Å². The van der Waals surface area contributed by atoms with Gasteiger partial charge in [0.1, 0.15) is 24.9 Å². The normalized spacial score (nSPS) is 18.2. The second kappa shape index (κ2) is 11.4. The van der Waals surface area contributed by atoms with Crippen molar-refractivity contribution < 1.29 is 42.1 Å². The van der Waals surface area contributed by atoms with E-state index in [-0.39, 0.29) is 20.3 Å². The quantitative estimate of drug-likeness (QED) is 0.497. The molecule has 0 amide bonds. The largest absolute Gasteiger partial charge is 0.463 e. The molecule has 0 saturated heterocycles. The maximum absolute atomic E-state index is 11.4. The highest BCUT2D eigenvalue weighted by Gasteiger charge is 2.38. The van der Waals surface area contributed by atoms with Crippen LogP contribution < -0.4 is 0 Å². The van der Waals surface area contributed by atoms with Crippen LogP contribution in [-0.2, 0) is 38.0 Å². The topological polar surface area (TPSA) is 89.5 Å². The lowest BCUT2D eigenvalue weighted by atomic mass is 10.0. The molecule has 8 heteroatoms. The third-order valence-corrected chi connectivity index (χ3v) is 2.79. The molecule has 0 unspecified atom stereocenters. The highest BCUT2D eigenvalue weighted by Crippen LogP contribution is 2.17. The third-order valence-electron chi connectivity index (χ3n) is 2.79. The molecule has 0 rings (SSSR count). The summed E-state index contributed by atoms with van der Waals surface area (Å²) in [7, 11) is 0.0452. The highest BCUT2D eigenvalue weighted by molar-refractivity contribution is 5.66. The molecule has 0 fully saturated rings. The molecular formula is C14H26O8. The molecule has 0 aliphatic carbocycles. The Hall–Kier alpha value is -1.22. The van der Waals surface area contributed by atoms with Gasteiger partial charge in [-0.2, -0.15) is 0 Å². The van der Waals surface area contributed by atoms with Crippen molar-refractivity contribution >= 4 is 11.9 Å². The summed E-state index contributed by atoms with van der Waals surface area (Å²) in [4.78, 5) is 22.4. The minimum atomic E-state index is -1.03. The Morgan fingerprint density at radius 3 is 2.00 bits per heavy atom. The second-order valence-electron chi connectivity index (χ2n) is 4.36. The molecule has 8 nitrogen and oxygen atoms in total. The van der Waals surface area contributed by atoms with E-state index in [0.717, 1.165) is 0 Å². The van der Waals surface area contributed by atoms with E-state index in [2.05, 4.69) is 0 Å². The Balaban J connectivity index is 5.44. The average Bonchev–Trinajstić information content (AvgIpc) is 2.55. The molecule has 0 saturated carbocycles. The summed E-state index contributed by atoms with van der Waals surface area (Å²) in [6, 6.07) is 0. The molecular weight excluding hydrogens is 296 g/mol. The van der Waals surface area contributed by atoms with Crippen molar-refractivity contribution in [2.24, 2.45) is 0 Å². The summed E-state index contributed by atoms with van der Waals surface area (Å²) in [6.45, 7) is 2.07. The number of rotatable bonds is 11. The summed E-state index contributed by atoms with van der Waals surface area (Å²) < 4.78 is 52.6. The maximum Gasteiger partial charge on any atom is 0.303 e. The molecule has 0 aromatic heterocycles. The number of esters is 2. The van der Waals surface area contributed by atoms with Crippen molar-refractivity contribution in [3.8, 4) is 0 Å². The molecule has 130 valence electrons. The molecule has 22 heavy (non-hydrogen) atoms. The number of carbonyl (C=O) groups excluding carboxylic acids is 2. The highest BCUT2D eigenvalue weighted by atomic mass is 16.6. The first-order chi connectivity index (χ1) is 11.9. The van der Waals surface area contributed by atoms with Crippen LogP contribution in [0.5, 0.6) is 0 Å². The van der Waals surface area contributed by atoms with Crippen molar-refractivity contribution in [3.63, 3.8) is 0 Å². The van der Waals surface area contributed by atoms with Crippen LogP contribution in [0.2, 0.25) is 0 Å². The zero-order valence-corrected chi connectivity index (χ0v) is 13.1. The standard InChI is InChI=1S/C14H26O8/c1-9(15)21-8-11(18-4)13(19-5)14(20-6)12(7-17-3)22-10(2)16/h11-14H,7-8H2,1-6H3/t11-,12+,13+,14-/m0/s1/i3D,5D,6D. The van der Waals surface area contributed by atoms with Crippen LogP contribution in [0, 0.1) is 0 Å². The SMILES string of the molecule is [2H]COC[C@@H](OC(C)=O)[C@H](OC[2H])[C@H](OC[2H])[C@H](COC(C)=O)OC. The summed E-state index contributed by atoms with van der Waals surface area (Å²) in [5, 5.41) is 0. The van der Waals surface area contributed by atoms with Crippen LogP contribution in [0.15, 0.2) is 0 Å². The number of methoxy groups -OCH3 is 4. The van der Waals surface area contributed by atoms with Crippen molar-refractivity contribution in [3.05, 3.63) is 0 Å². The second-order valence-corrected chi connectivity index (χ2v) is 4.36. The van der Waals surface area contributed by atoms with E-state index in [9.17, 15) is 9.59 Å². The van der Waals surface area contributed by atoms with Gasteiger partial charge in [-0.15, -0.1) is 0 Å². The molecule has 0 heterocycles. The first-order valence-corrected chi connectivity index (χ1v) is 6.43. The van der Waals surface area contributed by atoms with Gasteiger partial charge in [0, 0.05) is 42.2 Å². The lowest BCUT2D eigenvalue weighted by Crippen LogP contribution is -2.51. The molecule has 0 N–H and O–H groups in total. The smallest absolute Gasteiger partial charge is 0.303 e. The lowest BCUT2D eigenvalue weighted by Gasteiger charge is -2.34. The summed E-state index contributed by atoms with van der Waals surface area (Å²) in [5.74, 6) is -1.14. The van der Waals surface area contributed by atoms with Crippen molar-refractivity contribution in [2.75, 3.05) is 41.6 Å². The van der Waals surface area contributed by atoms with Crippen LogP contribution in [0.1, 0.15) is 18.0 Å². The fourth-order valence-electron chi connectivity index (χ4n) is 1.85. The van der Waals surface area contributed by atoms with Crippen LogP contribution in [0.4, 0.5) is 0 Å². The third kappa shape index (κ3) is 7.17. The fourth-order valence-corrected chi connectivity index (χ4v) is 1.85. The zero-order valence-electron chi connectivity index (χ0n) is 16.1. The Labute approximate surface area is 135 Å². The summed E-state index contributed by atoms with van der Waals surface area (Å²) >= 11 is 0. The van der Waals surface area contributed by atoms with E-state index < -0.39 is 50.5 Å². The minimum Gasteiger partial charge on any atom is -0.463 e. The molecule has 0 aromatic rings. The van der Waals surface area contributed by atoms with Crippen molar-refractivity contribution in [2.45, 2.75) is 38.3 Å². The molecule has 4 atom stereocenters. The van der Waals surface area contributed by atoms with Gasteiger partial charge in [0.2, 0.25) is 0 Å². The molecule has 0 aromatic carbocycles. The van der Waals surface area contributed by atoms with Gasteiger partial charge < -0.3 is 28.4 Å². The van der Waals surface area contributed by atoms with Gasteiger partial charge in [-0.1, -0.05) is 0 Å². The Kier molecular flexibility index (Phi) is 8.09. The zero-order chi connectivity index (χ0) is 19.2. The first-order valence-electron chi connectivity index (χ1n) is 8.55. The molecule has 0 bridgehead atoms. The number of hydrogen-bond acceptors (Lipinski definition) is 8. The average molecular weight is 325 g/mol. The van der Waals surface area contributed by atoms with E-state index in [4.69, 9.17) is 32.5 Å². The predicted octanol–water partition coefficient (Wildman–Crippen LogP) is 0.173. The minimum absolute atomic E-state index is 0.171. The first kappa shape index (κ1) is 15.7. The van der Waals surface area contributed by atoms with Crippen molar-refractivity contribution in [1.82, 2.24) is 0 Å². The van der Waals surface area contributed by atoms with Gasteiger partial charge in [0.15, 0.2) is 6.10 Å². The molecule has 0 aliphatic heterocycles. The van der Waals surface area contributed by atoms with E-state index >= 15 is 0 Å². The number of carbonyl (C=O) groups is 2. The van der Waals surface area contributed by atoms with Crippen LogP contribution in [-0.4, -0.2) is 77.9 Å². The number of hydrogen-bond donors (Lipinski definition) is 0. The van der Waals surface area contributed by atoms with Crippen LogP contribution in [0.25, 0.3) is 0 Å². The number of ether oxygens (including phenoxy) is 6. The van der Waals surface area contributed by atoms with Gasteiger partial charge in [-0.25, -0.2) is 0 Å². The van der Waals surface area contributed by atoms with Gasteiger partial charge in [-0.05, 0) is 0 Å². The van der Waals surface area contributed by atoms with Crippen LogP contribution in [0.3, 0.4) is 0 Å². The Morgan fingerprint density at radius 1 is 0.909 bits per heavy atom. The van der Waals surface area contributed by atoms with Gasteiger partial charge in [0.05, 0.1) is 10.7 Å². The lowest BCUT2D eigenvalue weighted by molar-refractivity contribution is -0.185. The Bertz CT molecular complexity index is 385. The van der Waals surface area contributed by atoms with Crippen LogP contribution >= 0.6 is 0 Å². The van der Waals surface area contributed by atoms with Gasteiger partial charge in [0.25, 0.3) is 0 Å². The van der Waals surface area contributed by atoms with Gasteiger partial charge >= 0.3 is 11.9 Å². The predicted molar refractivity (Wildman–Crippen MR) is 76.5 cm³/mol. The van der Waals surface area contributed by atoms with E-state index in [1.165, 1.54) is 21.0 Å². The fraction of sp³-hybridized carbons (Fsp3) is 0.857.